The lowest BCUT2D eigenvalue weighted by Gasteiger charge is -2.12. The van der Waals surface area contributed by atoms with Gasteiger partial charge in [-0.2, -0.15) is 0 Å². The quantitative estimate of drug-likeness (QED) is 0.877. The zero-order valence-corrected chi connectivity index (χ0v) is 12.0. The van der Waals surface area contributed by atoms with Gasteiger partial charge in [0.25, 0.3) is 0 Å². The first-order valence-electron chi connectivity index (χ1n) is 7.43. The molecule has 0 aliphatic carbocycles. The number of ether oxygens (including phenoxy) is 1. The molecule has 104 valence electrons. The van der Waals surface area contributed by atoms with Crippen LogP contribution in [-0.2, 0) is 19.4 Å². The maximum atomic E-state index is 5.55. The maximum Gasteiger partial charge on any atom is 0.122 e. The fraction of sp³-hybridized carbons (Fsp3) is 0.333. The Hall–Kier alpha value is -1.96. The zero-order valence-electron chi connectivity index (χ0n) is 12.0. The number of nitrogens with one attached hydrogen (secondary N) is 1. The molecule has 0 saturated carbocycles. The van der Waals surface area contributed by atoms with Gasteiger partial charge in [0.15, 0.2) is 0 Å². The van der Waals surface area contributed by atoms with E-state index in [9.17, 15) is 0 Å². The summed E-state index contributed by atoms with van der Waals surface area (Å²) in [5, 5.41) is 3.56. The minimum absolute atomic E-state index is 0.825. The Labute approximate surface area is 120 Å². The van der Waals surface area contributed by atoms with Crippen molar-refractivity contribution in [2.45, 2.75) is 32.7 Å². The Morgan fingerprint density at radius 3 is 2.95 bits per heavy atom. The van der Waals surface area contributed by atoms with Gasteiger partial charge >= 0.3 is 0 Å². The highest BCUT2D eigenvalue weighted by atomic mass is 16.5. The highest BCUT2D eigenvalue weighted by molar-refractivity contribution is 5.52. The molecule has 3 rings (SSSR count). The van der Waals surface area contributed by atoms with E-state index in [0.717, 1.165) is 31.7 Å². The molecule has 0 bridgehead atoms. The van der Waals surface area contributed by atoms with Gasteiger partial charge < -0.3 is 10.1 Å². The van der Waals surface area contributed by atoms with Gasteiger partial charge in [-0.15, -0.1) is 0 Å². The summed E-state index contributed by atoms with van der Waals surface area (Å²) in [6.45, 7) is 3.91. The van der Waals surface area contributed by atoms with Gasteiger partial charge in [-0.05, 0) is 35.2 Å². The van der Waals surface area contributed by atoms with E-state index in [1.807, 2.05) is 0 Å². The average molecular weight is 267 g/mol. The molecule has 0 atom stereocenters. The summed E-state index contributed by atoms with van der Waals surface area (Å²) in [7, 11) is 0. The Bertz CT molecular complexity index is 592. The summed E-state index contributed by atoms with van der Waals surface area (Å²) in [5.41, 5.74) is 5.32. The second-order valence-corrected chi connectivity index (χ2v) is 5.30. The smallest absolute Gasteiger partial charge is 0.122 e. The molecule has 0 radical (unpaired) electrons. The Morgan fingerprint density at radius 2 is 2.05 bits per heavy atom. The van der Waals surface area contributed by atoms with Crippen molar-refractivity contribution in [1.82, 2.24) is 0 Å². The lowest BCUT2D eigenvalue weighted by atomic mass is 10.1. The van der Waals surface area contributed by atoms with Crippen LogP contribution in [0.5, 0.6) is 5.75 Å². The molecule has 1 aliphatic heterocycles. The van der Waals surface area contributed by atoms with Crippen molar-refractivity contribution < 1.29 is 4.74 Å². The Kier molecular flexibility index (Phi) is 3.91. The van der Waals surface area contributed by atoms with Crippen molar-refractivity contribution in [3.63, 3.8) is 0 Å². The molecule has 0 saturated heterocycles. The first-order chi connectivity index (χ1) is 9.86. The van der Waals surface area contributed by atoms with Gasteiger partial charge in [-0.3, -0.25) is 0 Å². The molecule has 1 aliphatic rings. The highest BCUT2D eigenvalue weighted by Crippen LogP contribution is 2.26. The van der Waals surface area contributed by atoms with Gasteiger partial charge in [0, 0.05) is 18.7 Å². The monoisotopic (exact) mass is 267 g/mol. The van der Waals surface area contributed by atoms with E-state index in [0.29, 0.717) is 0 Å². The topological polar surface area (TPSA) is 21.3 Å². The summed E-state index contributed by atoms with van der Waals surface area (Å²) >= 11 is 0. The SMILES string of the molecule is CCCc1ccccc1NCc1ccc2c(c1)CCO2. The number of fused-ring (bicyclic) bond motifs is 1. The van der Waals surface area contributed by atoms with Gasteiger partial charge in [0.05, 0.1) is 6.61 Å². The third kappa shape index (κ3) is 2.79. The molecule has 0 spiro atoms. The third-order valence-electron chi connectivity index (χ3n) is 3.77. The summed E-state index contributed by atoms with van der Waals surface area (Å²) < 4.78 is 5.55. The number of benzene rings is 2. The predicted molar refractivity (Wildman–Crippen MR) is 83.4 cm³/mol. The number of aryl methyl sites for hydroxylation is 1. The van der Waals surface area contributed by atoms with Gasteiger partial charge in [-0.25, -0.2) is 0 Å². The number of rotatable bonds is 5. The largest absolute Gasteiger partial charge is 0.493 e. The first kappa shape index (κ1) is 13.0. The number of hydrogen-bond acceptors (Lipinski definition) is 2. The highest BCUT2D eigenvalue weighted by Gasteiger charge is 2.11. The van der Waals surface area contributed by atoms with Crippen molar-refractivity contribution in [3.05, 3.63) is 59.2 Å². The van der Waals surface area contributed by atoms with E-state index >= 15 is 0 Å². The zero-order chi connectivity index (χ0) is 13.8. The number of para-hydroxylation sites is 1. The van der Waals surface area contributed by atoms with E-state index in [1.165, 1.54) is 28.8 Å². The molecule has 0 unspecified atom stereocenters. The molecule has 2 aromatic carbocycles. The van der Waals surface area contributed by atoms with Crippen LogP contribution in [0.15, 0.2) is 42.5 Å². The molecule has 20 heavy (non-hydrogen) atoms. The van der Waals surface area contributed by atoms with Crippen LogP contribution in [-0.4, -0.2) is 6.61 Å². The van der Waals surface area contributed by atoms with Crippen molar-refractivity contribution >= 4 is 5.69 Å². The summed E-state index contributed by atoms with van der Waals surface area (Å²) in [6.07, 6.45) is 3.34. The van der Waals surface area contributed by atoms with E-state index in [4.69, 9.17) is 4.74 Å². The van der Waals surface area contributed by atoms with Crippen LogP contribution in [0.2, 0.25) is 0 Å². The van der Waals surface area contributed by atoms with Gasteiger partial charge in [-0.1, -0.05) is 43.7 Å². The molecule has 2 aromatic rings. The maximum absolute atomic E-state index is 5.55. The van der Waals surface area contributed by atoms with E-state index in [-0.39, 0.29) is 0 Å². The van der Waals surface area contributed by atoms with Gasteiger partial charge in [0.2, 0.25) is 0 Å². The van der Waals surface area contributed by atoms with Crippen LogP contribution < -0.4 is 10.1 Å². The normalized spacial score (nSPS) is 12.8. The molecule has 0 aromatic heterocycles. The Morgan fingerprint density at radius 1 is 1.15 bits per heavy atom. The molecule has 2 nitrogen and oxygen atoms in total. The summed E-state index contributed by atoms with van der Waals surface area (Å²) in [6, 6.07) is 15.1. The van der Waals surface area contributed by atoms with Crippen LogP contribution in [0, 0.1) is 0 Å². The van der Waals surface area contributed by atoms with Crippen LogP contribution in [0.4, 0.5) is 5.69 Å². The van der Waals surface area contributed by atoms with Gasteiger partial charge in [0.1, 0.15) is 5.75 Å². The van der Waals surface area contributed by atoms with Crippen molar-refractivity contribution in [3.8, 4) is 5.75 Å². The fourth-order valence-electron chi connectivity index (χ4n) is 2.73. The fourth-order valence-corrected chi connectivity index (χ4v) is 2.73. The third-order valence-corrected chi connectivity index (χ3v) is 3.77. The number of hydrogen-bond donors (Lipinski definition) is 1. The minimum atomic E-state index is 0.825. The van der Waals surface area contributed by atoms with Crippen LogP contribution in [0.1, 0.15) is 30.0 Å². The second-order valence-electron chi connectivity index (χ2n) is 5.30. The van der Waals surface area contributed by atoms with E-state index < -0.39 is 0 Å². The standard InChI is InChI=1S/C18H21NO/c1-2-5-15-6-3-4-7-17(15)19-13-14-8-9-18-16(12-14)10-11-20-18/h3-4,6-9,12,19H,2,5,10-11,13H2,1H3. The minimum Gasteiger partial charge on any atom is -0.493 e. The lowest BCUT2D eigenvalue weighted by Crippen LogP contribution is -2.02. The van der Waals surface area contributed by atoms with Crippen LogP contribution in [0.3, 0.4) is 0 Å². The average Bonchev–Trinajstić information content (AvgIpc) is 2.94. The second kappa shape index (κ2) is 6.00. The van der Waals surface area contributed by atoms with E-state index in [1.54, 1.807) is 0 Å². The first-order valence-corrected chi connectivity index (χ1v) is 7.43. The molecule has 0 fully saturated rings. The molecule has 0 amide bonds. The lowest BCUT2D eigenvalue weighted by molar-refractivity contribution is 0.357. The Balaban J connectivity index is 1.70. The van der Waals surface area contributed by atoms with Crippen molar-refractivity contribution in [2.24, 2.45) is 0 Å². The van der Waals surface area contributed by atoms with Crippen LogP contribution in [0.25, 0.3) is 0 Å². The van der Waals surface area contributed by atoms with Crippen molar-refractivity contribution in [2.75, 3.05) is 11.9 Å². The number of anilines is 1. The summed E-state index contributed by atoms with van der Waals surface area (Å²) in [5.74, 6) is 1.06. The molecule has 1 N–H and O–H groups in total. The predicted octanol–water partition coefficient (Wildman–Crippen LogP) is 4.19. The molecule has 1 heterocycles. The van der Waals surface area contributed by atoms with Crippen LogP contribution >= 0.6 is 0 Å². The van der Waals surface area contributed by atoms with E-state index in [2.05, 4.69) is 54.7 Å². The van der Waals surface area contributed by atoms with Crippen molar-refractivity contribution in [1.29, 1.82) is 0 Å². The molecular formula is C18H21NO. The summed E-state index contributed by atoms with van der Waals surface area (Å²) in [4.78, 5) is 0. The molecule has 2 heteroatoms. The molecular weight excluding hydrogens is 246 g/mol.